The Morgan fingerprint density at radius 3 is 1.59 bits per heavy atom. The van der Waals surface area contributed by atoms with Crippen molar-refractivity contribution in [3.8, 4) is 0 Å². The Bertz CT molecular complexity index is 3490. The van der Waals surface area contributed by atoms with Gasteiger partial charge in [-0.2, -0.15) is 20.4 Å². The van der Waals surface area contributed by atoms with Crippen LogP contribution in [0.2, 0.25) is 0 Å². The first-order valence-corrected chi connectivity index (χ1v) is 23.6. The maximum absolute atomic E-state index is 4.04. The number of rotatable bonds is 0. The van der Waals surface area contributed by atoms with Crippen LogP contribution in [0.5, 0.6) is 0 Å². The quantitative estimate of drug-likeness (QED) is 0.209. The fourth-order valence-electron chi connectivity index (χ4n) is 6.49. The Labute approximate surface area is 453 Å². The molecule has 0 saturated heterocycles. The van der Waals surface area contributed by atoms with E-state index in [1.165, 1.54) is 12.7 Å². The number of imidazole rings is 9. The minimum atomic E-state index is 0.637. The van der Waals surface area contributed by atoms with E-state index in [1.54, 1.807) is 194 Å². The van der Waals surface area contributed by atoms with Gasteiger partial charge in [0.05, 0.1) is 49.6 Å². The highest BCUT2D eigenvalue weighted by molar-refractivity contribution is 5.37. The first-order chi connectivity index (χ1) is 40.2. The number of aromatic nitrogens is 32. The Hall–Kier alpha value is -12.8. The molecule has 18 rings (SSSR count). The minimum Gasteiger partial charge on any atom is -0.304 e. The van der Waals surface area contributed by atoms with E-state index in [2.05, 4.69) is 116 Å². The molecular formula is C49H40N32. The zero-order chi connectivity index (χ0) is 54.9. The SMILES string of the molecule is c1cc2nccn2cn1.c1cc2nccn2nn1.c1cn2ccnc2cn1.c1cn2cncnc2n1.c1cn2cnncc2n1.c1cn2ncncc2n1.c1cnc2nccn2c1.c1cnn2ccnc2c1.c1cnn2ccnc2n1. The molecular weight excluding hydrogens is 1040 g/mol. The van der Waals surface area contributed by atoms with E-state index >= 15 is 0 Å². The molecule has 0 aromatic carbocycles. The molecule has 18 heterocycles. The first-order valence-electron chi connectivity index (χ1n) is 23.6. The maximum Gasteiger partial charge on any atom is 0.250 e. The lowest BCUT2D eigenvalue weighted by Gasteiger charge is -1.86. The number of fused-ring (bicyclic) bond motifs is 9. The van der Waals surface area contributed by atoms with Gasteiger partial charge in [0.15, 0.2) is 28.2 Å². The van der Waals surface area contributed by atoms with Crippen molar-refractivity contribution in [2.24, 2.45) is 0 Å². The van der Waals surface area contributed by atoms with Gasteiger partial charge in [-0.25, -0.2) is 92.8 Å². The summed E-state index contributed by atoms with van der Waals surface area (Å²) in [6, 6.07) is 9.30. The van der Waals surface area contributed by atoms with Crippen LogP contribution in [0.15, 0.2) is 248 Å². The normalized spacial score (nSPS) is 10.2. The van der Waals surface area contributed by atoms with Gasteiger partial charge in [-0.1, -0.05) is 5.21 Å². The van der Waals surface area contributed by atoms with Gasteiger partial charge in [-0.3, -0.25) is 22.6 Å². The Morgan fingerprint density at radius 2 is 0.827 bits per heavy atom. The summed E-state index contributed by atoms with van der Waals surface area (Å²) in [6.45, 7) is 0. The highest BCUT2D eigenvalue weighted by Crippen LogP contribution is 1.98. The molecule has 0 radical (unpaired) electrons. The van der Waals surface area contributed by atoms with Crippen molar-refractivity contribution in [1.82, 2.24) is 156 Å². The average Bonchev–Trinajstić information content (AvgIpc) is 4.38. The lowest BCUT2D eigenvalue weighted by atomic mass is 10.6. The second-order valence-corrected chi connectivity index (χ2v) is 15.3. The lowest BCUT2D eigenvalue weighted by Crippen LogP contribution is -1.90. The van der Waals surface area contributed by atoms with E-state index in [0.717, 1.165) is 39.7 Å². The number of nitrogens with zero attached hydrogens (tertiary/aromatic N) is 32. The van der Waals surface area contributed by atoms with Crippen LogP contribution in [-0.2, 0) is 0 Å². The van der Waals surface area contributed by atoms with Gasteiger partial charge < -0.3 is 4.40 Å². The van der Waals surface area contributed by atoms with Crippen molar-refractivity contribution in [3.05, 3.63) is 248 Å². The van der Waals surface area contributed by atoms with Gasteiger partial charge in [0.2, 0.25) is 11.6 Å². The predicted molar refractivity (Wildman–Crippen MR) is 286 cm³/mol. The van der Waals surface area contributed by atoms with Gasteiger partial charge in [-0.05, 0) is 24.3 Å². The Balaban J connectivity index is 0.000000102. The summed E-state index contributed by atoms with van der Waals surface area (Å²) in [5.41, 5.74) is 5.13. The van der Waals surface area contributed by atoms with Crippen molar-refractivity contribution in [2.45, 2.75) is 0 Å². The monoisotopic (exact) mass is 1080 g/mol. The molecule has 0 atom stereocenters. The summed E-state index contributed by atoms with van der Waals surface area (Å²) in [5, 5.41) is 26.5. The topological polar surface area (TPSA) is 336 Å². The Kier molecular flexibility index (Phi) is 17.3. The van der Waals surface area contributed by atoms with Gasteiger partial charge in [-0.15, -0.1) is 10.2 Å². The largest absolute Gasteiger partial charge is 0.304 e. The fourth-order valence-corrected chi connectivity index (χ4v) is 6.49. The summed E-state index contributed by atoms with van der Waals surface area (Å²) in [6.07, 6.45) is 60.2. The minimum absolute atomic E-state index is 0.637. The molecule has 0 fully saturated rings. The highest BCUT2D eigenvalue weighted by atomic mass is 15.4. The second-order valence-electron chi connectivity index (χ2n) is 15.3. The third kappa shape index (κ3) is 14.5. The third-order valence-electron chi connectivity index (χ3n) is 10.2. The van der Waals surface area contributed by atoms with E-state index in [4.69, 9.17) is 0 Å². The van der Waals surface area contributed by atoms with E-state index in [9.17, 15) is 0 Å². The lowest BCUT2D eigenvalue weighted by molar-refractivity contribution is 0.807. The average molecular weight is 1080 g/mol. The van der Waals surface area contributed by atoms with Crippen LogP contribution < -0.4 is 0 Å². The summed E-state index contributed by atoms with van der Waals surface area (Å²) in [7, 11) is 0. The zero-order valence-corrected chi connectivity index (χ0v) is 41.9. The molecule has 0 saturated carbocycles. The molecule has 0 aliphatic carbocycles. The maximum atomic E-state index is 4.04. The standard InChI is InChI=1S/4C6H5N3.5C5H4N4/c1-3-9-4-2-8-6(9)5-7-1;1-2-7-5-9-4-3-8-6(1)9;1-2-7-6-8-3-5-9(6)4-1;1-2-6-7-4-5-9(6)8-3-1;1-2-9-4-6-3-8-5(9)7-1;1-2-9-5(7-1)3-6-4-8-9;1-2-9-4-8-7-3-5(9)6-1;1-2-8-9-4-3-7-5(9)6-1;1-2-7-8-9-4-3-6-5(1)9/h4*1-5H;5*1-4H. The van der Waals surface area contributed by atoms with Crippen LogP contribution in [-0.4, -0.2) is 156 Å². The summed E-state index contributed by atoms with van der Waals surface area (Å²) < 4.78 is 15.8. The highest BCUT2D eigenvalue weighted by Gasteiger charge is 1.94. The molecule has 81 heavy (non-hydrogen) atoms. The summed E-state index contributed by atoms with van der Waals surface area (Å²) in [4.78, 5) is 63.0. The van der Waals surface area contributed by atoms with Crippen LogP contribution in [0.1, 0.15) is 0 Å². The van der Waals surface area contributed by atoms with Crippen LogP contribution in [0, 0.1) is 0 Å². The van der Waals surface area contributed by atoms with Crippen molar-refractivity contribution in [2.75, 3.05) is 0 Å². The molecule has 0 spiro atoms. The second kappa shape index (κ2) is 27.1. The van der Waals surface area contributed by atoms with Gasteiger partial charge >= 0.3 is 0 Å². The van der Waals surface area contributed by atoms with Crippen LogP contribution >= 0.6 is 0 Å². The smallest absolute Gasteiger partial charge is 0.250 e. The van der Waals surface area contributed by atoms with E-state index in [-0.39, 0.29) is 0 Å². The van der Waals surface area contributed by atoms with Crippen molar-refractivity contribution < 1.29 is 0 Å². The Morgan fingerprint density at radius 1 is 0.247 bits per heavy atom. The van der Waals surface area contributed by atoms with Crippen molar-refractivity contribution in [3.63, 3.8) is 0 Å². The molecule has 0 unspecified atom stereocenters. The third-order valence-corrected chi connectivity index (χ3v) is 10.2. The molecule has 18 aromatic heterocycles. The molecule has 396 valence electrons. The molecule has 0 amide bonds. The molecule has 0 aliphatic heterocycles. The first kappa shape index (κ1) is 51.7. The van der Waals surface area contributed by atoms with Crippen LogP contribution in [0.4, 0.5) is 0 Å². The molecule has 0 bridgehead atoms. The van der Waals surface area contributed by atoms with Crippen LogP contribution in [0.25, 0.3) is 51.2 Å². The van der Waals surface area contributed by atoms with E-state index in [0.29, 0.717) is 11.6 Å². The number of hydrogen-bond acceptors (Lipinski definition) is 23. The van der Waals surface area contributed by atoms with Crippen molar-refractivity contribution in [1.29, 1.82) is 0 Å². The number of hydrogen-bond donors (Lipinski definition) is 0. The molecule has 18 aromatic rings. The van der Waals surface area contributed by atoms with Crippen LogP contribution in [0.3, 0.4) is 0 Å². The molecule has 32 heteroatoms. The summed E-state index contributed by atoms with van der Waals surface area (Å²) >= 11 is 0. The van der Waals surface area contributed by atoms with Gasteiger partial charge in [0, 0.05) is 142 Å². The van der Waals surface area contributed by atoms with Crippen molar-refractivity contribution >= 4 is 51.2 Å². The molecule has 0 N–H and O–H groups in total. The zero-order valence-electron chi connectivity index (χ0n) is 41.9. The van der Waals surface area contributed by atoms with E-state index in [1.807, 2.05) is 80.8 Å². The van der Waals surface area contributed by atoms with Gasteiger partial charge in [0.1, 0.15) is 37.3 Å². The van der Waals surface area contributed by atoms with E-state index < -0.39 is 0 Å². The fraction of sp³-hybridized carbons (Fsp3) is 0. The van der Waals surface area contributed by atoms with Gasteiger partial charge in [0.25, 0.3) is 5.78 Å². The molecule has 32 nitrogen and oxygen atoms in total. The predicted octanol–water partition coefficient (Wildman–Crippen LogP) is 3.54. The summed E-state index contributed by atoms with van der Waals surface area (Å²) in [5.74, 6) is 2.07. The molecule has 0 aliphatic rings.